The molecule has 1 unspecified atom stereocenters. The van der Waals surface area contributed by atoms with Crippen molar-refractivity contribution in [3.63, 3.8) is 0 Å². The van der Waals surface area contributed by atoms with E-state index in [1.165, 1.54) is 25.9 Å². The molecule has 0 amide bonds. The summed E-state index contributed by atoms with van der Waals surface area (Å²) >= 11 is 0. The summed E-state index contributed by atoms with van der Waals surface area (Å²) in [6, 6.07) is 7.04. The maximum atomic E-state index is 13.6. The predicted octanol–water partition coefficient (Wildman–Crippen LogP) is 2.68. The van der Waals surface area contributed by atoms with Gasteiger partial charge in [0.1, 0.15) is 25.4 Å². The molecule has 32 heavy (non-hydrogen) atoms. The second-order valence-electron chi connectivity index (χ2n) is 9.21. The molecule has 0 aliphatic carbocycles. The molecule has 182 valence electrons. The smallest absolute Gasteiger partial charge is 0.186 e. The zero-order valence-electron chi connectivity index (χ0n) is 19.6. The summed E-state index contributed by atoms with van der Waals surface area (Å²) in [5.41, 5.74) is -1.74. The molecule has 0 radical (unpaired) electrons. The number of carbonyl (C=O) groups excluding carboxylic acids is 1. The first-order chi connectivity index (χ1) is 14.8. The lowest BCUT2D eigenvalue weighted by atomic mass is 9.65. The number of Topliss-reactive ketones (excluding diaryl/α,β-unsaturated/α-hetero) is 1. The van der Waals surface area contributed by atoms with Gasteiger partial charge in [0, 0.05) is 18.1 Å². The van der Waals surface area contributed by atoms with Crippen molar-refractivity contribution < 1.29 is 26.4 Å². The molecule has 1 aromatic rings. The highest BCUT2D eigenvalue weighted by Crippen LogP contribution is 2.48. The normalized spacial score (nSPS) is 22.4. The lowest BCUT2D eigenvalue weighted by Crippen LogP contribution is -2.57. The van der Waals surface area contributed by atoms with Crippen molar-refractivity contribution in [3.05, 3.63) is 29.8 Å². The summed E-state index contributed by atoms with van der Waals surface area (Å²) in [7, 11) is -6.67. The highest BCUT2D eigenvalue weighted by Gasteiger charge is 2.54. The Morgan fingerprint density at radius 3 is 1.91 bits per heavy atom. The maximum Gasteiger partial charge on any atom is 0.186 e. The number of para-hydroxylation sites is 1. The highest BCUT2D eigenvalue weighted by molar-refractivity contribution is 7.90. The largest absolute Gasteiger partial charge is 0.479 e. The molecule has 2 aliphatic rings. The second-order valence-corrected chi connectivity index (χ2v) is 13.7. The summed E-state index contributed by atoms with van der Waals surface area (Å²) in [4.78, 5) is 13.6. The minimum atomic E-state index is -3.33. The number of nitrogens with one attached hydrogen (secondary N) is 1. The number of hydrogen-bond donors (Lipinski definition) is 1. The number of benzene rings is 1. The fourth-order valence-corrected chi connectivity index (χ4v) is 5.91. The molecular weight excluding hydrogens is 450 g/mol. The van der Waals surface area contributed by atoms with Crippen LogP contribution in [0.2, 0.25) is 0 Å². The van der Waals surface area contributed by atoms with E-state index in [0.29, 0.717) is 24.2 Å². The fraction of sp³-hybridized carbons (Fsp3) is 0.696. The molecule has 2 heterocycles. The molecule has 1 aromatic carbocycles. The number of ether oxygens (including phenoxy) is 1. The van der Waals surface area contributed by atoms with Crippen LogP contribution in [0.15, 0.2) is 24.3 Å². The van der Waals surface area contributed by atoms with Gasteiger partial charge in [0.2, 0.25) is 0 Å². The highest BCUT2D eigenvalue weighted by atomic mass is 32.2. The lowest BCUT2D eigenvalue weighted by Gasteiger charge is -2.46. The Labute approximate surface area is 193 Å². The van der Waals surface area contributed by atoms with Crippen molar-refractivity contribution >= 4 is 25.5 Å². The molecule has 1 N–H and O–H groups in total. The van der Waals surface area contributed by atoms with Gasteiger partial charge < -0.3 is 10.1 Å². The van der Waals surface area contributed by atoms with E-state index in [0.717, 1.165) is 12.5 Å². The molecule has 9 heteroatoms. The van der Waals surface area contributed by atoms with Gasteiger partial charge in [-0.15, -0.1) is 0 Å². The van der Waals surface area contributed by atoms with Crippen molar-refractivity contribution in [2.24, 2.45) is 0 Å². The standard InChI is InChI=1S/C19H28O6S2.C4H9N/c1-5-10-18(2)17(20)19(11-13-26(3,21)22,12-14-27(4,23)24)15-8-6-7-9-16(15)25-18;1-2-4-5-3-1/h6-9H,5,10-14H2,1-4H3;5H,1-4H2. The summed E-state index contributed by atoms with van der Waals surface area (Å²) in [5.74, 6) is -0.101. The van der Waals surface area contributed by atoms with Crippen LogP contribution in [0.5, 0.6) is 5.75 Å². The number of rotatable bonds is 8. The Hall–Kier alpha value is -1.45. The molecule has 0 spiro atoms. The van der Waals surface area contributed by atoms with Crippen LogP contribution in [-0.2, 0) is 29.9 Å². The van der Waals surface area contributed by atoms with Crippen LogP contribution >= 0.6 is 0 Å². The second kappa shape index (κ2) is 10.7. The van der Waals surface area contributed by atoms with Crippen molar-refractivity contribution in [1.29, 1.82) is 0 Å². The third-order valence-corrected chi connectivity index (χ3v) is 8.03. The van der Waals surface area contributed by atoms with Gasteiger partial charge in [-0.3, -0.25) is 4.79 Å². The third-order valence-electron chi connectivity index (χ3n) is 6.14. The van der Waals surface area contributed by atoms with Crippen molar-refractivity contribution in [1.82, 2.24) is 5.32 Å². The molecule has 0 aromatic heterocycles. The number of sulfone groups is 2. The topological polar surface area (TPSA) is 107 Å². The Balaban J connectivity index is 0.000000636. The number of ketones is 1. The summed E-state index contributed by atoms with van der Waals surface area (Å²) < 4.78 is 53.5. The van der Waals surface area contributed by atoms with Gasteiger partial charge in [-0.2, -0.15) is 0 Å². The molecule has 7 nitrogen and oxygen atoms in total. The van der Waals surface area contributed by atoms with E-state index in [2.05, 4.69) is 5.32 Å². The van der Waals surface area contributed by atoms with Crippen LogP contribution in [0, 0.1) is 0 Å². The summed E-state index contributed by atoms with van der Waals surface area (Å²) in [5, 5.41) is 3.22. The van der Waals surface area contributed by atoms with Crippen LogP contribution in [0.3, 0.4) is 0 Å². The quantitative estimate of drug-likeness (QED) is 0.601. The van der Waals surface area contributed by atoms with Gasteiger partial charge in [-0.05, 0) is 58.2 Å². The minimum Gasteiger partial charge on any atom is -0.479 e. The summed E-state index contributed by atoms with van der Waals surface area (Å²) in [6.45, 7) is 6.15. The first-order valence-corrected chi connectivity index (χ1v) is 15.3. The molecule has 0 bridgehead atoms. The first kappa shape index (κ1) is 26.8. The van der Waals surface area contributed by atoms with Crippen LogP contribution < -0.4 is 10.1 Å². The zero-order valence-corrected chi connectivity index (χ0v) is 21.3. The van der Waals surface area contributed by atoms with E-state index in [4.69, 9.17) is 4.74 Å². The van der Waals surface area contributed by atoms with E-state index in [1.54, 1.807) is 31.2 Å². The van der Waals surface area contributed by atoms with Gasteiger partial charge >= 0.3 is 0 Å². The molecule has 1 atom stereocenters. The van der Waals surface area contributed by atoms with Crippen molar-refractivity contribution in [2.75, 3.05) is 37.1 Å². The first-order valence-electron chi connectivity index (χ1n) is 11.2. The maximum absolute atomic E-state index is 13.6. The van der Waals surface area contributed by atoms with E-state index in [1.807, 2.05) is 6.92 Å². The van der Waals surface area contributed by atoms with Crippen LogP contribution in [0.1, 0.15) is 57.9 Å². The van der Waals surface area contributed by atoms with E-state index in [9.17, 15) is 21.6 Å². The monoisotopic (exact) mass is 487 g/mol. The van der Waals surface area contributed by atoms with Gasteiger partial charge in [0.25, 0.3) is 0 Å². The minimum absolute atomic E-state index is 0.0415. The Bertz CT molecular complexity index is 955. The SMILES string of the molecule is C1CCNC1.CCCC1(C)Oc2ccccc2C(CCS(C)(=O)=O)(CCS(C)(=O)=O)C1=O. The predicted molar refractivity (Wildman–Crippen MR) is 128 cm³/mol. The van der Waals surface area contributed by atoms with E-state index in [-0.39, 0.29) is 30.1 Å². The van der Waals surface area contributed by atoms with Gasteiger partial charge in [-0.25, -0.2) is 16.8 Å². The fourth-order valence-electron chi connectivity index (χ4n) is 4.48. The lowest BCUT2D eigenvalue weighted by molar-refractivity contribution is -0.143. The van der Waals surface area contributed by atoms with Crippen LogP contribution in [-0.4, -0.2) is 65.3 Å². The van der Waals surface area contributed by atoms with Gasteiger partial charge in [0.05, 0.1) is 16.9 Å². The molecule has 3 rings (SSSR count). The molecule has 1 saturated heterocycles. The van der Waals surface area contributed by atoms with Crippen LogP contribution in [0.4, 0.5) is 0 Å². The molecular formula is C23H37NO6S2. The number of hydrogen-bond acceptors (Lipinski definition) is 7. The Morgan fingerprint density at radius 1 is 0.938 bits per heavy atom. The number of carbonyl (C=O) groups is 1. The van der Waals surface area contributed by atoms with Gasteiger partial charge in [-0.1, -0.05) is 31.5 Å². The zero-order chi connectivity index (χ0) is 24.0. The molecule has 0 saturated carbocycles. The Kier molecular flexibility index (Phi) is 8.92. The number of fused-ring (bicyclic) bond motifs is 1. The van der Waals surface area contributed by atoms with Gasteiger partial charge in [0.15, 0.2) is 11.4 Å². The molecule has 1 fully saturated rings. The average Bonchev–Trinajstić information content (AvgIpc) is 3.27. The Morgan fingerprint density at radius 2 is 1.47 bits per heavy atom. The van der Waals surface area contributed by atoms with E-state index < -0.39 is 30.7 Å². The van der Waals surface area contributed by atoms with E-state index >= 15 is 0 Å². The summed E-state index contributed by atoms with van der Waals surface area (Å²) in [6.07, 6.45) is 6.29. The van der Waals surface area contributed by atoms with Crippen molar-refractivity contribution in [3.8, 4) is 5.75 Å². The van der Waals surface area contributed by atoms with Crippen molar-refractivity contribution in [2.45, 2.75) is 63.4 Å². The molecule has 2 aliphatic heterocycles. The average molecular weight is 488 g/mol. The third kappa shape index (κ3) is 7.02. The van der Waals surface area contributed by atoms with Crippen LogP contribution in [0.25, 0.3) is 0 Å².